The first-order valence-electron chi connectivity index (χ1n) is 9.17. The van der Waals surface area contributed by atoms with Crippen molar-refractivity contribution in [3.63, 3.8) is 0 Å². The number of benzene rings is 1. The van der Waals surface area contributed by atoms with Crippen molar-refractivity contribution in [1.29, 1.82) is 0 Å². The van der Waals surface area contributed by atoms with Crippen LogP contribution in [-0.4, -0.2) is 37.6 Å². The second-order valence-corrected chi connectivity index (χ2v) is 8.31. The number of thiazole rings is 1. The zero-order chi connectivity index (χ0) is 21.1. The topological polar surface area (TPSA) is 114 Å². The van der Waals surface area contributed by atoms with Gasteiger partial charge in [0.25, 0.3) is 0 Å². The van der Waals surface area contributed by atoms with Crippen molar-refractivity contribution < 1.29 is 14.3 Å². The maximum Gasteiger partial charge on any atom is 0.310 e. The van der Waals surface area contributed by atoms with E-state index in [1.54, 1.807) is 32.4 Å². The summed E-state index contributed by atoms with van der Waals surface area (Å²) in [6, 6.07) is 7.82. The van der Waals surface area contributed by atoms with Gasteiger partial charge in [0.05, 0.1) is 22.2 Å². The maximum atomic E-state index is 11.4. The van der Waals surface area contributed by atoms with Gasteiger partial charge in [-0.25, -0.2) is 19.9 Å². The Morgan fingerprint density at radius 2 is 1.77 bits per heavy atom. The Bertz CT molecular complexity index is 1140. The van der Waals surface area contributed by atoms with E-state index in [1.165, 1.54) is 24.1 Å². The molecule has 0 aliphatic heterocycles. The summed E-state index contributed by atoms with van der Waals surface area (Å²) in [6.45, 7) is 3.60. The third-order valence-electron chi connectivity index (χ3n) is 4.59. The number of hydrogen-bond donors (Lipinski definition) is 2. The molecule has 152 valence electrons. The van der Waals surface area contributed by atoms with Crippen molar-refractivity contribution in [1.82, 2.24) is 19.9 Å². The van der Waals surface area contributed by atoms with Gasteiger partial charge in [-0.1, -0.05) is 35.6 Å². The molecular formula is C21H19N5O3S. The molecule has 8 nitrogen and oxygen atoms in total. The van der Waals surface area contributed by atoms with E-state index in [2.05, 4.69) is 20.3 Å². The van der Waals surface area contributed by atoms with Crippen LogP contribution in [0.4, 0.5) is 5.13 Å². The van der Waals surface area contributed by atoms with Crippen molar-refractivity contribution in [3.05, 3.63) is 55.6 Å². The number of carboxylic acids is 1. The molecule has 0 radical (unpaired) electrons. The molecule has 0 saturated carbocycles. The molecular weight excluding hydrogens is 402 g/mol. The summed E-state index contributed by atoms with van der Waals surface area (Å²) in [5, 5.41) is 13.2. The van der Waals surface area contributed by atoms with Gasteiger partial charge in [0.2, 0.25) is 0 Å². The number of aliphatic carboxylic acids is 1. The number of anilines is 1. The molecule has 2 N–H and O–H groups in total. The van der Waals surface area contributed by atoms with E-state index in [1.807, 2.05) is 24.3 Å². The molecule has 0 spiro atoms. The summed E-state index contributed by atoms with van der Waals surface area (Å²) < 4.78 is 5.35. The van der Waals surface area contributed by atoms with Crippen LogP contribution in [-0.2, 0) is 4.79 Å². The Labute approximate surface area is 176 Å². The quantitative estimate of drug-likeness (QED) is 0.450. The fourth-order valence-corrected chi connectivity index (χ4v) is 3.68. The number of carboxylic acid groups (broad SMARTS) is 1. The van der Waals surface area contributed by atoms with E-state index in [-0.39, 0.29) is 6.54 Å². The normalized spacial score (nSPS) is 11.4. The number of hydrogen-bond acceptors (Lipinski definition) is 8. The number of carbonyl (C=O) groups is 1. The summed E-state index contributed by atoms with van der Waals surface area (Å²) in [4.78, 5) is 29.2. The van der Waals surface area contributed by atoms with Crippen molar-refractivity contribution in [2.45, 2.75) is 13.8 Å². The summed E-state index contributed by atoms with van der Waals surface area (Å²) in [5.74, 6) is -0.179. The third-order valence-corrected chi connectivity index (χ3v) is 5.65. The molecule has 30 heavy (non-hydrogen) atoms. The molecule has 0 unspecified atom stereocenters. The van der Waals surface area contributed by atoms with Gasteiger partial charge in [0, 0.05) is 35.6 Å². The van der Waals surface area contributed by atoms with Crippen molar-refractivity contribution in [2.24, 2.45) is 5.41 Å². The highest BCUT2D eigenvalue weighted by Crippen LogP contribution is 2.39. The lowest BCUT2D eigenvalue weighted by Gasteiger charge is -2.18. The Morgan fingerprint density at radius 1 is 1.07 bits per heavy atom. The number of aromatic nitrogens is 4. The second kappa shape index (κ2) is 8.03. The van der Waals surface area contributed by atoms with Gasteiger partial charge in [-0.05, 0) is 13.8 Å². The minimum absolute atomic E-state index is 0.254. The molecule has 0 fully saturated rings. The lowest BCUT2D eigenvalue weighted by atomic mass is 9.94. The smallest absolute Gasteiger partial charge is 0.310 e. The van der Waals surface area contributed by atoms with Gasteiger partial charge in [0.1, 0.15) is 6.33 Å². The standard InChI is InChI=1S/C21H19N5O3S/c1-21(2,19(27)28)10-25-20-26-17(18(30-20)15-7-22-11-23-8-15)14-5-3-13(4-6-14)16-9-24-12-29-16/h3-9,11-12H,10H2,1-2H3,(H,25,26)(H,27,28). The first-order chi connectivity index (χ1) is 14.4. The molecule has 9 heteroatoms. The molecule has 0 bridgehead atoms. The van der Waals surface area contributed by atoms with Gasteiger partial charge < -0.3 is 14.8 Å². The first-order valence-corrected chi connectivity index (χ1v) is 9.98. The van der Waals surface area contributed by atoms with Crippen molar-refractivity contribution >= 4 is 22.4 Å². The maximum absolute atomic E-state index is 11.4. The van der Waals surface area contributed by atoms with E-state index in [0.29, 0.717) is 10.9 Å². The van der Waals surface area contributed by atoms with Gasteiger partial charge in [0.15, 0.2) is 17.3 Å². The van der Waals surface area contributed by atoms with Crippen LogP contribution in [0.25, 0.3) is 33.0 Å². The number of oxazole rings is 1. The minimum atomic E-state index is -0.916. The minimum Gasteiger partial charge on any atom is -0.481 e. The Kier molecular flexibility index (Phi) is 5.28. The molecule has 1 aromatic carbocycles. The Balaban J connectivity index is 1.69. The van der Waals surface area contributed by atoms with Crippen LogP contribution in [0.5, 0.6) is 0 Å². The van der Waals surface area contributed by atoms with Crippen LogP contribution >= 0.6 is 11.3 Å². The van der Waals surface area contributed by atoms with Crippen LogP contribution in [0.1, 0.15) is 13.8 Å². The van der Waals surface area contributed by atoms with Crippen LogP contribution in [0.15, 0.2) is 60.0 Å². The predicted octanol–water partition coefficient (Wildman–Crippen LogP) is 4.44. The fourth-order valence-electron chi connectivity index (χ4n) is 2.73. The lowest BCUT2D eigenvalue weighted by Crippen LogP contribution is -2.31. The molecule has 0 saturated heterocycles. The predicted molar refractivity (Wildman–Crippen MR) is 114 cm³/mol. The summed E-state index contributed by atoms with van der Waals surface area (Å²) >= 11 is 1.44. The number of rotatable bonds is 7. The highest BCUT2D eigenvalue weighted by Gasteiger charge is 2.27. The molecule has 3 heterocycles. The Morgan fingerprint density at radius 3 is 2.40 bits per heavy atom. The second-order valence-electron chi connectivity index (χ2n) is 7.31. The highest BCUT2D eigenvalue weighted by molar-refractivity contribution is 7.19. The molecule has 4 rings (SSSR count). The SMILES string of the molecule is CC(C)(CNc1nc(-c2ccc(-c3cnco3)cc2)c(-c2cncnc2)s1)C(=O)O. The van der Waals surface area contributed by atoms with E-state index < -0.39 is 11.4 Å². The lowest BCUT2D eigenvalue weighted by molar-refractivity contribution is -0.146. The average molecular weight is 421 g/mol. The zero-order valence-electron chi connectivity index (χ0n) is 16.4. The van der Waals surface area contributed by atoms with Crippen LogP contribution < -0.4 is 5.32 Å². The van der Waals surface area contributed by atoms with Crippen LogP contribution in [0.3, 0.4) is 0 Å². The van der Waals surface area contributed by atoms with E-state index in [9.17, 15) is 9.90 Å². The summed E-state index contributed by atoms with van der Waals surface area (Å²) in [6.07, 6.45) is 8.01. The summed E-state index contributed by atoms with van der Waals surface area (Å²) in [5.41, 5.74) is 2.53. The number of nitrogens with one attached hydrogen (secondary N) is 1. The first kappa shape index (κ1) is 19.7. The van der Waals surface area contributed by atoms with Gasteiger partial charge in [-0.15, -0.1) is 0 Å². The van der Waals surface area contributed by atoms with Gasteiger partial charge >= 0.3 is 5.97 Å². The largest absolute Gasteiger partial charge is 0.481 e. The molecule has 0 amide bonds. The molecule has 3 aromatic heterocycles. The van der Waals surface area contributed by atoms with E-state index >= 15 is 0 Å². The van der Waals surface area contributed by atoms with Crippen LogP contribution in [0, 0.1) is 5.41 Å². The van der Waals surface area contributed by atoms with Gasteiger partial charge in [-0.3, -0.25) is 4.79 Å². The monoisotopic (exact) mass is 421 g/mol. The number of nitrogens with zero attached hydrogens (tertiary/aromatic N) is 4. The molecule has 0 aliphatic carbocycles. The van der Waals surface area contributed by atoms with E-state index in [0.717, 1.165) is 27.3 Å². The Hall–Kier alpha value is -3.59. The average Bonchev–Trinajstić information content (AvgIpc) is 3.43. The van der Waals surface area contributed by atoms with E-state index in [4.69, 9.17) is 9.40 Å². The molecule has 4 aromatic rings. The summed E-state index contributed by atoms with van der Waals surface area (Å²) in [7, 11) is 0. The molecule has 0 atom stereocenters. The fraction of sp³-hybridized carbons (Fsp3) is 0.190. The van der Waals surface area contributed by atoms with Crippen molar-refractivity contribution in [2.75, 3.05) is 11.9 Å². The van der Waals surface area contributed by atoms with Crippen LogP contribution in [0.2, 0.25) is 0 Å². The third kappa shape index (κ3) is 4.06. The van der Waals surface area contributed by atoms with Crippen molar-refractivity contribution in [3.8, 4) is 33.0 Å². The zero-order valence-corrected chi connectivity index (χ0v) is 17.2. The van der Waals surface area contributed by atoms with Gasteiger partial charge in [-0.2, -0.15) is 0 Å². The molecule has 0 aliphatic rings. The highest BCUT2D eigenvalue weighted by atomic mass is 32.1.